The molecule has 2 aromatic carbocycles. The van der Waals surface area contributed by atoms with Crippen molar-refractivity contribution in [3.8, 4) is 0 Å². The van der Waals surface area contributed by atoms with Gasteiger partial charge in [-0.25, -0.2) is 4.39 Å². The van der Waals surface area contributed by atoms with Crippen molar-refractivity contribution in [1.29, 1.82) is 0 Å². The second-order valence-corrected chi connectivity index (χ2v) is 5.50. The van der Waals surface area contributed by atoms with Crippen LogP contribution >= 0.6 is 23.4 Å². The lowest BCUT2D eigenvalue weighted by Gasteiger charge is -2.11. The average molecular weight is 296 g/mol. The molecule has 0 aliphatic rings. The van der Waals surface area contributed by atoms with E-state index in [0.717, 1.165) is 23.5 Å². The van der Waals surface area contributed by atoms with Crippen LogP contribution in [0.1, 0.15) is 12.5 Å². The first kappa shape index (κ1) is 14.4. The summed E-state index contributed by atoms with van der Waals surface area (Å²) in [5, 5.41) is 3.92. The number of halogens is 2. The fraction of sp³-hybridized carbons (Fsp3) is 0.200. The summed E-state index contributed by atoms with van der Waals surface area (Å²) in [5.41, 5.74) is 1.09. The van der Waals surface area contributed by atoms with E-state index < -0.39 is 0 Å². The molecule has 0 amide bonds. The second kappa shape index (κ2) is 6.94. The van der Waals surface area contributed by atoms with Crippen LogP contribution in [0.2, 0.25) is 5.02 Å². The molecular weight excluding hydrogens is 281 g/mol. The van der Waals surface area contributed by atoms with Crippen LogP contribution in [0.15, 0.2) is 52.3 Å². The fourth-order valence-electron chi connectivity index (χ4n) is 1.70. The van der Waals surface area contributed by atoms with Gasteiger partial charge in [0.05, 0.1) is 5.02 Å². The van der Waals surface area contributed by atoms with Crippen LogP contribution in [0.3, 0.4) is 0 Å². The molecule has 1 N–H and O–H groups in total. The first-order valence-corrected chi connectivity index (χ1v) is 7.32. The molecule has 0 unspecified atom stereocenters. The van der Waals surface area contributed by atoms with Gasteiger partial charge in [0.1, 0.15) is 5.82 Å². The maximum absolute atomic E-state index is 13.7. The zero-order chi connectivity index (χ0) is 13.7. The SMILES string of the molecule is CCNCc1cccc(Cl)c1Sc1ccccc1F. The minimum absolute atomic E-state index is 0.221. The van der Waals surface area contributed by atoms with Crippen molar-refractivity contribution in [2.45, 2.75) is 23.3 Å². The van der Waals surface area contributed by atoms with Gasteiger partial charge in [0.2, 0.25) is 0 Å². The van der Waals surface area contributed by atoms with E-state index >= 15 is 0 Å². The van der Waals surface area contributed by atoms with Gasteiger partial charge >= 0.3 is 0 Å². The van der Waals surface area contributed by atoms with Crippen molar-refractivity contribution in [2.24, 2.45) is 0 Å². The summed E-state index contributed by atoms with van der Waals surface area (Å²) in [4.78, 5) is 1.50. The van der Waals surface area contributed by atoms with Crippen LogP contribution in [0.4, 0.5) is 4.39 Å². The molecule has 1 nitrogen and oxygen atoms in total. The van der Waals surface area contributed by atoms with Crippen molar-refractivity contribution in [2.75, 3.05) is 6.54 Å². The van der Waals surface area contributed by atoms with Crippen molar-refractivity contribution in [3.05, 3.63) is 58.9 Å². The molecule has 0 aliphatic heterocycles. The monoisotopic (exact) mass is 295 g/mol. The largest absolute Gasteiger partial charge is 0.313 e. The number of benzene rings is 2. The van der Waals surface area contributed by atoms with Crippen LogP contribution < -0.4 is 5.32 Å². The van der Waals surface area contributed by atoms with Gasteiger partial charge in [0.15, 0.2) is 0 Å². The molecule has 2 rings (SSSR count). The molecule has 4 heteroatoms. The predicted molar refractivity (Wildman–Crippen MR) is 79.4 cm³/mol. The first-order chi connectivity index (χ1) is 9.22. The molecule has 2 aromatic rings. The summed E-state index contributed by atoms with van der Waals surface area (Å²) in [6.07, 6.45) is 0. The first-order valence-electron chi connectivity index (χ1n) is 6.13. The average Bonchev–Trinajstić information content (AvgIpc) is 2.41. The fourth-order valence-corrected chi connectivity index (χ4v) is 2.98. The lowest BCUT2D eigenvalue weighted by atomic mass is 10.2. The number of hydrogen-bond acceptors (Lipinski definition) is 2. The Balaban J connectivity index is 2.31. The lowest BCUT2D eigenvalue weighted by molar-refractivity contribution is 0.602. The number of hydrogen-bond donors (Lipinski definition) is 1. The summed E-state index contributed by atoms with van der Waals surface area (Å²) in [6.45, 7) is 3.67. The molecule has 0 spiro atoms. The van der Waals surface area contributed by atoms with Gasteiger partial charge in [0.25, 0.3) is 0 Å². The Morgan fingerprint density at radius 1 is 1.16 bits per heavy atom. The summed E-state index contributed by atoms with van der Waals surface area (Å²) < 4.78 is 13.7. The van der Waals surface area contributed by atoms with Crippen LogP contribution in [-0.4, -0.2) is 6.54 Å². The summed E-state index contributed by atoms with van der Waals surface area (Å²) >= 11 is 7.61. The van der Waals surface area contributed by atoms with Gasteiger partial charge in [-0.05, 0) is 30.3 Å². The zero-order valence-corrected chi connectivity index (χ0v) is 12.2. The van der Waals surface area contributed by atoms with Gasteiger partial charge < -0.3 is 5.32 Å². The standard InChI is InChI=1S/C15H15ClFNS/c1-2-18-10-11-6-5-7-12(16)15(11)19-14-9-4-3-8-13(14)17/h3-9,18H,2,10H2,1H3. The van der Waals surface area contributed by atoms with E-state index in [1.165, 1.54) is 17.8 Å². The molecule has 0 heterocycles. The Hall–Kier alpha value is -1.03. The quantitative estimate of drug-likeness (QED) is 0.855. The number of nitrogens with one attached hydrogen (secondary N) is 1. The maximum Gasteiger partial charge on any atom is 0.137 e. The van der Waals surface area contributed by atoms with Crippen LogP contribution in [-0.2, 0) is 6.54 Å². The smallest absolute Gasteiger partial charge is 0.137 e. The highest BCUT2D eigenvalue weighted by molar-refractivity contribution is 7.99. The number of rotatable bonds is 5. The van der Waals surface area contributed by atoms with E-state index in [9.17, 15) is 4.39 Å². The van der Waals surface area contributed by atoms with Gasteiger partial charge in [0, 0.05) is 16.3 Å². The molecule has 0 saturated heterocycles. The van der Waals surface area contributed by atoms with Crippen LogP contribution in [0.25, 0.3) is 0 Å². The minimum atomic E-state index is -0.221. The molecule has 0 fully saturated rings. The molecule has 0 aromatic heterocycles. The van der Waals surface area contributed by atoms with Crippen molar-refractivity contribution < 1.29 is 4.39 Å². The molecule has 0 radical (unpaired) electrons. The molecule has 19 heavy (non-hydrogen) atoms. The zero-order valence-electron chi connectivity index (χ0n) is 10.6. The molecule has 0 bridgehead atoms. The van der Waals surface area contributed by atoms with Gasteiger partial charge in [-0.3, -0.25) is 0 Å². The maximum atomic E-state index is 13.7. The Morgan fingerprint density at radius 3 is 2.68 bits per heavy atom. The third-order valence-corrected chi connectivity index (χ3v) is 4.33. The predicted octanol–water partition coefficient (Wildman–Crippen LogP) is 4.74. The van der Waals surface area contributed by atoms with E-state index in [-0.39, 0.29) is 5.82 Å². The van der Waals surface area contributed by atoms with Gasteiger partial charge in [-0.15, -0.1) is 0 Å². The Kier molecular flexibility index (Phi) is 5.25. The van der Waals surface area contributed by atoms with Crippen molar-refractivity contribution in [1.82, 2.24) is 5.32 Å². The normalized spacial score (nSPS) is 10.7. The van der Waals surface area contributed by atoms with Crippen LogP contribution in [0.5, 0.6) is 0 Å². The highest BCUT2D eigenvalue weighted by atomic mass is 35.5. The van der Waals surface area contributed by atoms with E-state index in [1.807, 2.05) is 31.2 Å². The van der Waals surface area contributed by atoms with E-state index in [0.29, 0.717) is 9.92 Å². The third kappa shape index (κ3) is 3.72. The van der Waals surface area contributed by atoms with Crippen molar-refractivity contribution >= 4 is 23.4 Å². The molecular formula is C15H15ClFNS. The topological polar surface area (TPSA) is 12.0 Å². The van der Waals surface area contributed by atoms with E-state index in [1.54, 1.807) is 12.1 Å². The highest BCUT2D eigenvalue weighted by Gasteiger charge is 2.11. The second-order valence-electron chi connectivity index (χ2n) is 4.04. The van der Waals surface area contributed by atoms with E-state index in [4.69, 9.17) is 11.6 Å². The molecule has 0 aliphatic carbocycles. The van der Waals surface area contributed by atoms with Gasteiger partial charge in [-0.1, -0.05) is 54.6 Å². The molecule has 0 atom stereocenters. The third-order valence-electron chi connectivity index (χ3n) is 2.66. The van der Waals surface area contributed by atoms with Crippen molar-refractivity contribution in [3.63, 3.8) is 0 Å². The summed E-state index contributed by atoms with van der Waals surface area (Å²) in [7, 11) is 0. The lowest BCUT2D eigenvalue weighted by Crippen LogP contribution is -2.12. The summed E-state index contributed by atoms with van der Waals surface area (Å²) in [5.74, 6) is -0.221. The Bertz CT molecular complexity index is 560. The minimum Gasteiger partial charge on any atom is -0.313 e. The Morgan fingerprint density at radius 2 is 1.95 bits per heavy atom. The van der Waals surface area contributed by atoms with Gasteiger partial charge in [-0.2, -0.15) is 0 Å². The molecule has 100 valence electrons. The van der Waals surface area contributed by atoms with Crippen LogP contribution in [0, 0.1) is 5.82 Å². The Labute approximate surface area is 122 Å². The van der Waals surface area contributed by atoms with E-state index in [2.05, 4.69) is 5.32 Å². The molecule has 0 saturated carbocycles. The highest BCUT2D eigenvalue weighted by Crippen LogP contribution is 2.37. The summed E-state index contributed by atoms with van der Waals surface area (Å²) in [6, 6.07) is 12.5.